The molecule has 0 bridgehead atoms. The van der Waals surface area contributed by atoms with Crippen molar-refractivity contribution >= 4 is 0 Å². The number of aliphatic hydroxyl groups is 1. The largest absolute Gasteiger partial charge is 0.391 e. The Bertz CT molecular complexity index is 128. The predicted molar refractivity (Wildman–Crippen MR) is 44.4 cm³/mol. The molecule has 2 rings (SSSR count). The van der Waals surface area contributed by atoms with Gasteiger partial charge >= 0.3 is 0 Å². The van der Waals surface area contributed by atoms with Crippen LogP contribution in [0.15, 0.2) is 0 Å². The lowest BCUT2D eigenvalue weighted by Crippen LogP contribution is -2.44. The molecule has 1 saturated heterocycles. The summed E-state index contributed by atoms with van der Waals surface area (Å²) in [6, 6.07) is 0.413. The molecule has 0 aromatic heterocycles. The number of piperidine rings is 1. The molecule has 0 amide bonds. The topological polar surface area (TPSA) is 32.3 Å². The van der Waals surface area contributed by atoms with Gasteiger partial charge in [0.25, 0.3) is 0 Å². The number of nitrogens with one attached hydrogen (secondary N) is 1. The molecule has 1 saturated carbocycles. The van der Waals surface area contributed by atoms with Crippen molar-refractivity contribution in [2.24, 2.45) is 5.92 Å². The molecule has 2 fully saturated rings. The van der Waals surface area contributed by atoms with Gasteiger partial charge in [0.1, 0.15) is 0 Å². The van der Waals surface area contributed by atoms with Crippen LogP contribution in [0.25, 0.3) is 0 Å². The Hall–Kier alpha value is -0.0800. The lowest BCUT2D eigenvalue weighted by molar-refractivity contribution is 0.0931. The fourth-order valence-electron chi connectivity index (χ4n) is 1.94. The van der Waals surface area contributed by atoms with Crippen LogP contribution < -0.4 is 5.32 Å². The highest BCUT2D eigenvalue weighted by Gasteiger charge is 2.35. The molecule has 2 nitrogen and oxygen atoms in total. The number of hydrogen-bond acceptors (Lipinski definition) is 2. The summed E-state index contributed by atoms with van der Waals surface area (Å²) in [6.45, 7) is 1.11. The maximum Gasteiger partial charge on any atom is 0.0721 e. The van der Waals surface area contributed by atoms with Gasteiger partial charge in [-0.1, -0.05) is 6.42 Å². The maximum atomic E-state index is 9.75. The van der Waals surface area contributed by atoms with E-state index >= 15 is 0 Å². The summed E-state index contributed by atoms with van der Waals surface area (Å²) in [6.07, 6.45) is 6.21. The summed E-state index contributed by atoms with van der Waals surface area (Å²) < 4.78 is 0. The Morgan fingerprint density at radius 2 is 2.00 bits per heavy atom. The van der Waals surface area contributed by atoms with Crippen molar-refractivity contribution in [2.45, 2.75) is 44.2 Å². The van der Waals surface area contributed by atoms with Crippen molar-refractivity contribution in [3.63, 3.8) is 0 Å². The molecular formula is C9H17NO. The Kier molecular flexibility index (Phi) is 2.14. The smallest absolute Gasteiger partial charge is 0.0721 e. The fourth-order valence-corrected chi connectivity index (χ4v) is 1.94. The van der Waals surface area contributed by atoms with Gasteiger partial charge in [-0.05, 0) is 38.1 Å². The van der Waals surface area contributed by atoms with Crippen molar-refractivity contribution in [1.82, 2.24) is 5.32 Å². The first-order chi connectivity index (χ1) is 5.38. The highest BCUT2D eigenvalue weighted by molar-refractivity contribution is 4.90. The highest BCUT2D eigenvalue weighted by Crippen LogP contribution is 2.35. The zero-order valence-electron chi connectivity index (χ0n) is 6.92. The molecule has 2 atom stereocenters. The lowest BCUT2D eigenvalue weighted by atomic mass is 9.97. The van der Waals surface area contributed by atoms with E-state index in [0.717, 1.165) is 6.54 Å². The first-order valence-electron chi connectivity index (χ1n) is 4.79. The SMILES string of the molecule is O[C@H](C1CC1)[C@H]1CCCCN1. The Labute approximate surface area is 68.0 Å². The van der Waals surface area contributed by atoms with Gasteiger partial charge in [-0.3, -0.25) is 0 Å². The van der Waals surface area contributed by atoms with E-state index in [1.807, 2.05) is 0 Å². The zero-order valence-corrected chi connectivity index (χ0v) is 6.92. The van der Waals surface area contributed by atoms with E-state index in [4.69, 9.17) is 0 Å². The van der Waals surface area contributed by atoms with Gasteiger partial charge in [0, 0.05) is 6.04 Å². The first-order valence-corrected chi connectivity index (χ1v) is 4.79. The fraction of sp³-hybridized carbons (Fsp3) is 1.00. The van der Waals surface area contributed by atoms with Crippen LogP contribution in [0.4, 0.5) is 0 Å². The van der Waals surface area contributed by atoms with Gasteiger partial charge in [0.2, 0.25) is 0 Å². The maximum absolute atomic E-state index is 9.75. The van der Waals surface area contributed by atoms with E-state index in [1.54, 1.807) is 0 Å². The average molecular weight is 155 g/mol. The summed E-state index contributed by atoms with van der Waals surface area (Å²) in [5.74, 6) is 0.630. The van der Waals surface area contributed by atoms with E-state index in [9.17, 15) is 5.11 Å². The van der Waals surface area contributed by atoms with Crippen LogP contribution in [0, 0.1) is 5.92 Å². The van der Waals surface area contributed by atoms with Gasteiger partial charge in [-0.25, -0.2) is 0 Å². The molecule has 1 aliphatic heterocycles. The van der Waals surface area contributed by atoms with Gasteiger partial charge in [-0.15, -0.1) is 0 Å². The minimum Gasteiger partial charge on any atom is -0.391 e. The van der Waals surface area contributed by atoms with Crippen LogP contribution in [0.1, 0.15) is 32.1 Å². The molecule has 0 spiro atoms. The normalized spacial score (nSPS) is 35.2. The average Bonchev–Trinajstić information content (AvgIpc) is 2.87. The third-order valence-corrected chi connectivity index (χ3v) is 2.87. The number of aliphatic hydroxyl groups excluding tert-OH is 1. The highest BCUT2D eigenvalue weighted by atomic mass is 16.3. The van der Waals surface area contributed by atoms with E-state index < -0.39 is 0 Å². The zero-order chi connectivity index (χ0) is 7.68. The summed E-state index contributed by atoms with van der Waals surface area (Å²) in [7, 11) is 0. The van der Waals surface area contributed by atoms with E-state index in [-0.39, 0.29) is 6.10 Å². The van der Waals surface area contributed by atoms with Crippen molar-refractivity contribution < 1.29 is 5.11 Å². The van der Waals surface area contributed by atoms with Gasteiger partial charge in [-0.2, -0.15) is 0 Å². The van der Waals surface area contributed by atoms with Gasteiger partial charge in [0.05, 0.1) is 6.10 Å². The molecule has 64 valence electrons. The minimum absolute atomic E-state index is 0.0460. The molecule has 11 heavy (non-hydrogen) atoms. The minimum atomic E-state index is -0.0460. The van der Waals surface area contributed by atoms with E-state index in [0.29, 0.717) is 12.0 Å². The lowest BCUT2D eigenvalue weighted by Gasteiger charge is -2.27. The van der Waals surface area contributed by atoms with Crippen LogP contribution in [-0.2, 0) is 0 Å². The third-order valence-electron chi connectivity index (χ3n) is 2.87. The molecule has 1 aliphatic carbocycles. The van der Waals surface area contributed by atoms with Crippen LogP contribution in [0.3, 0.4) is 0 Å². The second kappa shape index (κ2) is 3.11. The summed E-state index contributed by atoms with van der Waals surface area (Å²) in [4.78, 5) is 0. The van der Waals surface area contributed by atoms with E-state index in [1.165, 1.54) is 32.1 Å². The van der Waals surface area contributed by atoms with Gasteiger partial charge < -0.3 is 10.4 Å². The standard InChI is InChI=1S/C9H17NO/c11-9(7-4-5-7)8-3-1-2-6-10-8/h7-11H,1-6H2/t8-,9-/m1/s1. The van der Waals surface area contributed by atoms with Crippen LogP contribution in [0.2, 0.25) is 0 Å². The molecule has 2 N–H and O–H groups in total. The second-order valence-corrected chi connectivity index (χ2v) is 3.88. The van der Waals surface area contributed by atoms with Crippen molar-refractivity contribution in [1.29, 1.82) is 0 Å². The Balaban J connectivity index is 1.81. The molecule has 0 aromatic rings. The van der Waals surface area contributed by atoms with Crippen molar-refractivity contribution in [3.05, 3.63) is 0 Å². The second-order valence-electron chi connectivity index (χ2n) is 3.88. The first kappa shape index (κ1) is 7.56. The molecule has 2 aliphatic rings. The van der Waals surface area contributed by atoms with Gasteiger partial charge in [0.15, 0.2) is 0 Å². The van der Waals surface area contributed by atoms with Crippen molar-refractivity contribution in [2.75, 3.05) is 6.54 Å². The molecule has 0 radical (unpaired) electrons. The summed E-state index contributed by atoms with van der Waals surface area (Å²) in [5, 5.41) is 13.1. The molecule has 0 aromatic carbocycles. The van der Waals surface area contributed by atoms with E-state index in [2.05, 4.69) is 5.32 Å². The third kappa shape index (κ3) is 1.74. The van der Waals surface area contributed by atoms with Crippen LogP contribution in [-0.4, -0.2) is 23.8 Å². The Morgan fingerprint density at radius 3 is 2.55 bits per heavy atom. The number of hydrogen-bond donors (Lipinski definition) is 2. The molecule has 0 unspecified atom stereocenters. The monoisotopic (exact) mass is 155 g/mol. The predicted octanol–water partition coefficient (Wildman–Crippen LogP) is 0.899. The van der Waals surface area contributed by atoms with Crippen LogP contribution >= 0.6 is 0 Å². The summed E-state index contributed by atoms with van der Waals surface area (Å²) in [5.41, 5.74) is 0. The quantitative estimate of drug-likeness (QED) is 0.621. The number of rotatable bonds is 2. The van der Waals surface area contributed by atoms with Crippen LogP contribution in [0.5, 0.6) is 0 Å². The Morgan fingerprint density at radius 1 is 1.18 bits per heavy atom. The molecule has 1 heterocycles. The van der Waals surface area contributed by atoms with Crippen molar-refractivity contribution in [3.8, 4) is 0 Å². The molecular weight excluding hydrogens is 138 g/mol. The summed E-state index contributed by atoms with van der Waals surface area (Å²) >= 11 is 0. The molecule has 2 heteroatoms.